The molecule has 0 atom stereocenters. The second kappa shape index (κ2) is 2.52. The molecular formula is C10H7BrClNO. The number of hydrogen-bond donors (Lipinski definition) is 1. The summed E-state index contributed by atoms with van der Waals surface area (Å²) in [5, 5.41) is 3.56. The Morgan fingerprint density at radius 2 is 2.14 bits per heavy atom. The number of anilines is 1. The molecule has 0 unspecified atom stereocenters. The van der Waals surface area contributed by atoms with Crippen molar-refractivity contribution in [2.75, 3.05) is 5.32 Å². The molecule has 3 rings (SSSR count). The topological polar surface area (TPSA) is 29.1 Å². The van der Waals surface area contributed by atoms with Crippen LogP contribution < -0.4 is 5.32 Å². The van der Waals surface area contributed by atoms with Crippen molar-refractivity contribution in [3.63, 3.8) is 0 Å². The Labute approximate surface area is 94.8 Å². The van der Waals surface area contributed by atoms with E-state index < -0.39 is 0 Å². The van der Waals surface area contributed by atoms with Crippen LogP contribution in [-0.4, -0.2) is 5.91 Å². The van der Waals surface area contributed by atoms with Crippen molar-refractivity contribution in [1.82, 2.24) is 0 Å². The van der Waals surface area contributed by atoms with Crippen LogP contribution in [-0.2, 0) is 10.2 Å². The van der Waals surface area contributed by atoms with E-state index >= 15 is 0 Å². The van der Waals surface area contributed by atoms with Gasteiger partial charge in [-0.2, -0.15) is 0 Å². The number of hydrogen-bond acceptors (Lipinski definition) is 1. The smallest absolute Gasteiger partial charge is 0.235 e. The first-order valence-electron chi connectivity index (χ1n) is 4.44. The van der Waals surface area contributed by atoms with E-state index in [2.05, 4.69) is 21.2 Å². The van der Waals surface area contributed by atoms with Gasteiger partial charge in [0.2, 0.25) is 5.91 Å². The summed E-state index contributed by atoms with van der Waals surface area (Å²) in [4.78, 5) is 11.7. The van der Waals surface area contributed by atoms with Crippen molar-refractivity contribution >= 4 is 39.1 Å². The number of amides is 1. The van der Waals surface area contributed by atoms with Gasteiger partial charge in [0.15, 0.2) is 0 Å². The third-order valence-corrected chi connectivity index (χ3v) is 4.21. The van der Waals surface area contributed by atoms with Crippen molar-refractivity contribution in [2.24, 2.45) is 0 Å². The molecular weight excluding hydrogens is 265 g/mol. The number of rotatable bonds is 0. The van der Waals surface area contributed by atoms with E-state index in [1.54, 1.807) is 0 Å². The van der Waals surface area contributed by atoms with Crippen LogP contribution in [0.3, 0.4) is 0 Å². The average Bonchev–Trinajstić information content (AvgIpc) is 2.87. The lowest BCUT2D eigenvalue weighted by Gasteiger charge is -2.05. The molecule has 0 radical (unpaired) electrons. The zero-order valence-corrected chi connectivity index (χ0v) is 9.58. The predicted molar refractivity (Wildman–Crippen MR) is 58.7 cm³/mol. The van der Waals surface area contributed by atoms with E-state index in [0.29, 0.717) is 5.02 Å². The number of nitrogens with one attached hydrogen (secondary N) is 1. The van der Waals surface area contributed by atoms with Crippen molar-refractivity contribution in [1.29, 1.82) is 0 Å². The molecule has 1 aliphatic heterocycles. The second-order valence-corrected chi connectivity index (χ2v) is 5.11. The minimum atomic E-state index is -0.236. The maximum absolute atomic E-state index is 11.7. The van der Waals surface area contributed by atoms with Gasteiger partial charge >= 0.3 is 0 Å². The van der Waals surface area contributed by atoms with Gasteiger partial charge in [0.05, 0.1) is 10.4 Å². The fourth-order valence-electron chi connectivity index (χ4n) is 2.03. The van der Waals surface area contributed by atoms with Gasteiger partial charge in [0.1, 0.15) is 0 Å². The highest BCUT2D eigenvalue weighted by atomic mass is 79.9. The lowest BCUT2D eigenvalue weighted by atomic mass is 9.98. The zero-order chi connectivity index (χ0) is 9.92. The molecule has 1 aromatic carbocycles. The average molecular weight is 273 g/mol. The van der Waals surface area contributed by atoms with Crippen LogP contribution in [0.25, 0.3) is 0 Å². The fourth-order valence-corrected chi connectivity index (χ4v) is 2.54. The molecule has 14 heavy (non-hydrogen) atoms. The molecule has 1 N–H and O–H groups in total. The molecule has 1 spiro atoms. The lowest BCUT2D eigenvalue weighted by Crippen LogP contribution is -2.18. The maximum Gasteiger partial charge on any atom is 0.235 e. The molecule has 4 heteroatoms. The van der Waals surface area contributed by atoms with Crippen LogP contribution in [0.2, 0.25) is 5.02 Å². The summed E-state index contributed by atoms with van der Waals surface area (Å²) in [6.07, 6.45) is 1.90. The van der Waals surface area contributed by atoms with E-state index in [1.807, 2.05) is 12.1 Å². The molecule has 1 fully saturated rings. The Balaban J connectivity index is 2.24. The Hall–Kier alpha value is -0.540. The van der Waals surface area contributed by atoms with Crippen LogP contribution in [0.15, 0.2) is 16.6 Å². The maximum atomic E-state index is 11.7. The molecule has 1 heterocycles. The van der Waals surface area contributed by atoms with Gasteiger partial charge in [-0.15, -0.1) is 0 Å². The minimum absolute atomic E-state index is 0.127. The number of carbonyl (C=O) groups is 1. The van der Waals surface area contributed by atoms with Crippen LogP contribution in [0, 0.1) is 0 Å². The minimum Gasteiger partial charge on any atom is -0.325 e. The first kappa shape index (κ1) is 8.74. The van der Waals surface area contributed by atoms with E-state index in [4.69, 9.17) is 11.6 Å². The third-order valence-electron chi connectivity index (χ3n) is 3.01. The molecule has 1 amide bonds. The Morgan fingerprint density at radius 3 is 2.79 bits per heavy atom. The van der Waals surface area contributed by atoms with E-state index in [1.165, 1.54) is 0 Å². The Bertz CT molecular complexity index is 454. The first-order valence-corrected chi connectivity index (χ1v) is 5.61. The van der Waals surface area contributed by atoms with Gasteiger partial charge in [-0.05, 0) is 46.5 Å². The van der Waals surface area contributed by atoms with E-state index in [0.717, 1.165) is 28.6 Å². The largest absolute Gasteiger partial charge is 0.325 e. The van der Waals surface area contributed by atoms with Gasteiger partial charge in [-0.1, -0.05) is 11.6 Å². The van der Waals surface area contributed by atoms with Gasteiger partial charge in [0, 0.05) is 10.2 Å². The van der Waals surface area contributed by atoms with E-state index in [-0.39, 0.29) is 11.3 Å². The van der Waals surface area contributed by atoms with Crippen LogP contribution in [0.1, 0.15) is 18.4 Å². The number of fused-ring (bicyclic) bond motifs is 2. The van der Waals surface area contributed by atoms with Gasteiger partial charge in [0.25, 0.3) is 0 Å². The highest BCUT2D eigenvalue weighted by molar-refractivity contribution is 9.10. The molecule has 1 aliphatic carbocycles. The van der Waals surface area contributed by atoms with Crippen LogP contribution in [0.5, 0.6) is 0 Å². The molecule has 0 bridgehead atoms. The van der Waals surface area contributed by atoms with Crippen molar-refractivity contribution in [3.8, 4) is 0 Å². The summed E-state index contributed by atoms with van der Waals surface area (Å²) >= 11 is 9.35. The summed E-state index contributed by atoms with van der Waals surface area (Å²) in [6.45, 7) is 0. The highest BCUT2D eigenvalue weighted by Crippen LogP contribution is 2.56. The first-order chi connectivity index (χ1) is 6.63. The molecule has 2 aliphatic rings. The monoisotopic (exact) mass is 271 g/mol. The zero-order valence-electron chi connectivity index (χ0n) is 7.23. The van der Waals surface area contributed by atoms with Gasteiger partial charge in [-0.25, -0.2) is 0 Å². The lowest BCUT2D eigenvalue weighted by molar-refractivity contribution is -0.117. The molecule has 1 saturated carbocycles. The third kappa shape index (κ3) is 0.943. The van der Waals surface area contributed by atoms with Crippen molar-refractivity contribution < 1.29 is 4.79 Å². The molecule has 2 nitrogen and oxygen atoms in total. The standard InChI is InChI=1S/C10H7BrClNO/c11-6-4-8-5(3-7(6)12)10(1-2-10)9(14)13-8/h3-4H,1-2H2,(H,13,14). The summed E-state index contributed by atoms with van der Waals surface area (Å²) in [6, 6.07) is 3.77. The molecule has 1 aromatic rings. The number of halogens is 2. The summed E-state index contributed by atoms with van der Waals surface area (Å²) < 4.78 is 0.830. The number of benzene rings is 1. The Kier molecular flexibility index (Phi) is 1.58. The van der Waals surface area contributed by atoms with Crippen molar-refractivity contribution in [3.05, 3.63) is 27.2 Å². The summed E-state index contributed by atoms with van der Waals surface area (Å²) in [7, 11) is 0. The normalized spacial score (nSPS) is 20.9. The fraction of sp³-hybridized carbons (Fsp3) is 0.300. The number of carbonyl (C=O) groups excluding carboxylic acids is 1. The van der Waals surface area contributed by atoms with Crippen LogP contribution >= 0.6 is 27.5 Å². The van der Waals surface area contributed by atoms with Gasteiger partial charge < -0.3 is 5.32 Å². The van der Waals surface area contributed by atoms with E-state index in [9.17, 15) is 4.79 Å². The van der Waals surface area contributed by atoms with Crippen LogP contribution in [0.4, 0.5) is 5.69 Å². The molecule has 72 valence electrons. The molecule has 0 aromatic heterocycles. The Morgan fingerprint density at radius 1 is 1.43 bits per heavy atom. The predicted octanol–water partition coefficient (Wildman–Crippen LogP) is 3.09. The van der Waals surface area contributed by atoms with Crippen molar-refractivity contribution in [2.45, 2.75) is 18.3 Å². The summed E-state index contributed by atoms with van der Waals surface area (Å²) in [5.41, 5.74) is 1.74. The van der Waals surface area contributed by atoms with Gasteiger partial charge in [-0.3, -0.25) is 4.79 Å². The summed E-state index contributed by atoms with van der Waals surface area (Å²) in [5.74, 6) is 0.127. The quantitative estimate of drug-likeness (QED) is 0.772. The highest BCUT2D eigenvalue weighted by Gasteiger charge is 2.56. The second-order valence-electron chi connectivity index (χ2n) is 3.85. The SMILES string of the molecule is O=C1Nc2cc(Br)c(Cl)cc2C12CC2. The molecule has 0 saturated heterocycles.